The predicted molar refractivity (Wildman–Crippen MR) is 80.0 cm³/mol. The second-order valence-corrected chi connectivity index (χ2v) is 6.18. The summed E-state index contributed by atoms with van der Waals surface area (Å²) in [4.78, 5) is 15.3. The van der Waals surface area contributed by atoms with Gasteiger partial charge in [0.15, 0.2) is 0 Å². The Labute approximate surface area is 122 Å². The second kappa shape index (κ2) is 6.06. The van der Waals surface area contributed by atoms with E-state index in [-0.39, 0.29) is 23.8 Å². The third kappa shape index (κ3) is 3.67. The van der Waals surface area contributed by atoms with Crippen molar-refractivity contribution in [1.29, 1.82) is 0 Å². The zero-order valence-corrected chi connectivity index (χ0v) is 12.3. The Morgan fingerprint density at radius 2 is 2.05 bits per heavy atom. The molecule has 0 saturated carbocycles. The third-order valence-corrected chi connectivity index (χ3v) is 4.37. The first kappa shape index (κ1) is 15.2. The Hall–Kier alpha value is -2.19. The van der Waals surface area contributed by atoms with Crippen LogP contribution in [0, 0.1) is 0 Å². The van der Waals surface area contributed by atoms with Gasteiger partial charge in [-0.05, 0) is 30.3 Å². The summed E-state index contributed by atoms with van der Waals surface area (Å²) >= 11 is 0. The number of carbonyl (C=O) groups is 1. The molecule has 2 rings (SSSR count). The van der Waals surface area contributed by atoms with Gasteiger partial charge >= 0.3 is 0 Å². The molecule has 1 aromatic heterocycles. The summed E-state index contributed by atoms with van der Waals surface area (Å²) in [5.74, 6) is 0.151. The van der Waals surface area contributed by atoms with Crippen molar-refractivity contribution in [2.45, 2.75) is 11.3 Å². The number of aromatic nitrogens is 1. The van der Waals surface area contributed by atoms with Crippen LogP contribution in [-0.2, 0) is 14.8 Å². The van der Waals surface area contributed by atoms with Crippen molar-refractivity contribution in [3.05, 3.63) is 30.3 Å². The van der Waals surface area contributed by atoms with E-state index in [1.54, 1.807) is 18.2 Å². The Morgan fingerprint density at radius 3 is 2.76 bits per heavy atom. The van der Waals surface area contributed by atoms with Crippen molar-refractivity contribution in [2.24, 2.45) is 0 Å². The van der Waals surface area contributed by atoms with Crippen LogP contribution >= 0.6 is 0 Å². The number of fused-ring (bicyclic) bond motifs is 1. The van der Waals surface area contributed by atoms with Gasteiger partial charge in [0, 0.05) is 25.4 Å². The fraction of sp³-hybridized carbons (Fsp3) is 0.231. The maximum atomic E-state index is 12.1. The van der Waals surface area contributed by atoms with E-state index >= 15 is 0 Å². The van der Waals surface area contributed by atoms with E-state index in [1.165, 1.54) is 19.2 Å². The highest BCUT2D eigenvalue weighted by atomic mass is 32.2. The quantitative estimate of drug-likeness (QED) is 0.731. The lowest BCUT2D eigenvalue weighted by molar-refractivity contribution is -0.120. The van der Waals surface area contributed by atoms with Gasteiger partial charge < -0.3 is 11.1 Å². The van der Waals surface area contributed by atoms with Crippen molar-refractivity contribution in [2.75, 3.05) is 19.3 Å². The highest BCUT2D eigenvalue weighted by Crippen LogP contribution is 2.18. The van der Waals surface area contributed by atoms with Crippen LogP contribution in [0.25, 0.3) is 10.9 Å². The molecular weight excluding hydrogens is 292 g/mol. The highest BCUT2D eigenvalue weighted by Gasteiger charge is 2.14. The van der Waals surface area contributed by atoms with Crippen LogP contribution < -0.4 is 15.8 Å². The van der Waals surface area contributed by atoms with Gasteiger partial charge in [-0.25, -0.2) is 18.1 Å². The number of rotatable bonds is 5. The maximum absolute atomic E-state index is 12.1. The van der Waals surface area contributed by atoms with Crippen LogP contribution in [0.15, 0.2) is 35.2 Å². The second-order valence-electron chi connectivity index (χ2n) is 4.41. The monoisotopic (exact) mass is 308 g/mol. The number of pyridine rings is 1. The zero-order valence-electron chi connectivity index (χ0n) is 11.5. The number of anilines is 1. The molecule has 0 spiro atoms. The van der Waals surface area contributed by atoms with Gasteiger partial charge in [-0.1, -0.05) is 0 Å². The number of amides is 1. The van der Waals surface area contributed by atoms with E-state index in [0.717, 1.165) is 0 Å². The van der Waals surface area contributed by atoms with Crippen LogP contribution in [0.5, 0.6) is 0 Å². The molecule has 0 bridgehead atoms. The highest BCUT2D eigenvalue weighted by molar-refractivity contribution is 7.89. The van der Waals surface area contributed by atoms with Crippen molar-refractivity contribution < 1.29 is 13.2 Å². The van der Waals surface area contributed by atoms with Crippen LogP contribution in [0.4, 0.5) is 5.82 Å². The first-order valence-electron chi connectivity index (χ1n) is 6.29. The number of hydrogen-bond donors (Lipinski definition) is 3. The molecule has 4 N–H and O–H groups in total. The van der Waals surface area contributed by atoms with E-state index in [2.05, 4.69) is 15.0 Å². The number of carbonyl (C=O) groups excluding carboxylic acids is 1. The fourth-order valence-corrected chi connectivity index (χ4v) is 2.86. The van der Waals surface area contributed by atoms with Gasteiger partial charge in [0.25, 0.3) is 0 Å². The van der Waals surface area contributed by atoms with Crippen molar-refractivity contribution in [3.63, 3.8) is 0 Å². The van der Waals surface area contributed by atoms with Crippen molar-refractivity contribution >= 4 is 32.7 Å². The zero-order chi connectivity index (χ0) is 15.5. The van der Waals surface area contributed by atoms with Gasteiger partial charge in [0.05, 0.1) is 10.4 Å². The van der Waals surface area contributed by atoms with Gasteiger partial charge in [-0.15, -0.1) is 0 Å². The molecule has 0 saturated heterocycles. The lowest BCUT2D eigenvalue weighted by Gasteiger charge is -2.07. The van der Waals surface area contributed by atoms with E-state index in [4.69, 9.17) is 5.73 Å². The maximum Gasteiger partial charge on any atom is 0.240 e. The molecule has 21 heavy (non-hydrogen) atoms. The molecule has 0 radical (unpaired) electrons. The van der Waals surface area contributed by atoms with Crippen molar-refractivity contribution in [1.82, 2.24) is 15.0 Å². The summed E-state index contributed by atoms with van der Waals surface area (Å²) in [7, 11) is -2.16. The van der Waals surface area contributed by atoms with Gasteiger partial charge in [0.1, 0.15) is 5.82 Å². The summed E-state index contributed by atoms with van der Waals surface area (Å²) in [5, 5.41) is 3.11. The molecule has 1 aromatic carbocycles. The first-order chi connectivity index (χ1) is 9.92. The molecule has 0 aliphatic rings. The number of benzene rings is 1. The molecule has 8 heteroatoms. The number of nitrogens with two attached hydrogens (primary N) is 1. The fourth-order valence-electron chi connectivity index (χ4n) is 1.79. The third-order valence-electron chi connectivity index (χ3n) is 2.92. The standard InChI is InChI=1S/C13H16N4O3S/c1-15-13(18)6-7-16-21(19,20)10-3-4-11-9(8-10)2-5-12(14)17-11/h2-5,8,16H,6-7H2,1H3,(H2,14,17)(H,15,18). The Morgan fingerprint density at radius 1 is 1.29 bits per heavy atom. The Bertz CT molecular complexity index is 774. The molecule has 1 heterocycles. The molecule has 0 aliphatic carbocycles. The van der Waals surface area contributed by atoms with Crippen LogP contribution in [0.2, 0.25) is 0 Å². The first-order valence-corrected chi connectivity index (χ1v) is 7.77. The molecule has 2 aromatic rings. The predicted octanol–water partition coefficient (Wildman–Crippen LogP) is 0.231. The Balaban J connectivity index is 2.20. The summed E-state index contributed by atoms with van der Waals surface area (Å²) in [6.45, 7) is 0.0417. The SMILES string of the molecule is CNC(=O)CCNS(=O)(=O)c1ccc2nc(N)ccc2c1. The summed E-state index contributed by atoms with van der Waals surface area (Å²) < 4.78 is 26.6. The van der Waals surface area contributed by atoms with E-state index in [0.29, 0.717) is 16.7 Å². The minimum Gasteiger partial charge on any atom is -0.384 e. The minimum absolute atomic E-state index is 0.0417. The minimum atomic E-state index is -3.65. The number of sulfonamides is 1. The smallest absolute Gasteiger partial charge is 0.240 e. The molecule has 0 unspecified atom stereocenters. The molecule has 0 atom stereocenters. The van der Waals surface area contributed by atoms with Gasteiger partial charge in [0.2, 0.25) is 15.9 Å². The number of nitrogens with one attached hydrogen (secondary N) is 2. The van der Waals surface area contributed by atoms with Crippen LogP contribution in [-0.4, -0.2) is 32.9 Å². The number of nitrogen functional groups attached to an aromatic ring is 1. The van der Waals surface area contributed by atoms with Crippen LogP contribution in [0.1, 0.15) is 6.42 Å². The van der Waals surface area contributed by atoms with Gasteiger partial charge in [-0.2, -0.15) is 0 Å². The average Bonchev–Trinajstić information content (AvgIpc) is 2.46. The van der Waals surface area contributed by atoms with Crippen molar-refractivity contribution in [3.8, 4) is 0 Å². The normalized spacial score (nSPS) is 11.5. The number of hydrogen-bond acceptors (Lipinski definition) is 5. The lowest BCUT2D eigenvalue weighted by atomic mass is 10.2. The average molecular weight is 308 g/mol. The molecule has 0 fully saturated rings. The topological polar surface area (TPSA) is 114 Å². The molecule has 112 valence electrons. The van der Waals surface area contributed by atoms with Crippen LogP contribution in [0.3, 0.4) is 0 Å². The van der Waals surface area contributed by atoms with E-state index < -0.39 is 10.0 Å². The number of nitrogens with zero attached hydrogens (tertiary/aromatic N) is 1. The largest absolute Gasteiger partial charge is 0.384 e. The Kier molecular flexibility index (Phi) is 4.39. The molecular formula is C13H16N4O3S. The summed E-state index contributed by atoms with van der Waals surface area (Å²) in [6, 6.07) is 7.89. The van der Waals surface area contributed by atoms with E-state index in [9.17, 15) is 13.2 Å². The lowest BCUT2D eigenvalue weighted by Crippen LogP contribution is -2.29. The summed E-state index contributed by atoms with van der Waals surface area (Å²) in [5.41, 5.74) is 6.20. The molecule has 7 nitrogen and oxygen atoms in total. The molecule has 1 amide bonds. The van der Waals surface area contributed by atoms with Gasteiger partial charge in [-0.3, -0.25) is 4.79 Å². The summed E-state index contributed by atoms with van der Waals surface area (Å²) in [6.07, 6.45) is 0.0847. The molecule has 0 aliphatic heterocycles. The van der Waals surface area contributed by atoms with E-state index in [1.807, 2.05) is 0 Å².